The zero-order chi connectivity index (χ0) is 15.7. The summed E-state index contributed by atoms with van der Waals surface area (Å²) < 4.78 is 16.9. The lowest BCUT2D eigenvalue weighted by Crippen LogP contribution is -2.03. The summed E-state index contributed by atoms with van der Waals surface area (Å²) in [4.78, 5) is 4.25. The Balaban J connectivity index is 1.78. The van der Waals surface area contributed by atoms with E-state index in [-0.39, 0.29) is 0 Å². The number of hydrogen-bond acceptors (Lipinski definition) is 5. The van der Waals surface area contributed by atoms with E-state index in [4.69, 9.17) is 36.9 Å². The summed E-state index contributed by atoms with van der Waals surface area (Å²) in [5.41, 5.74) is 0. The Kier molecular flexibility index (Phi) is 4.42. The van der Waals surface area contributed by atoms with Crippen molar-refractivity contribution in [1.29, 1.82) is 0 Å². The van der Waals surface area contributed by atoms with Gasteiger partial charge in [-0.25, -0.2) is 0 Å². The van der Waals surface area contributed by atoms with Crippen molar-refractivity contribution in [2.45, 2.75) is 13.0 Å². The Morgan fingerprint density at radius 1 is 1.23 bits per heavy atom. The normalized spacial score (nSPS) is 12.4. The minimum atomic E-state index is -0.474. The Labute approximate surface area is 144 Å². The second-order valence-corrected chi connectivity index (χ2v) is 6.02. The van der Waals surface area contributed by atoms with E-state index in [1.165, 1.54) is 0 Å². The van der Waals surface area contributed by atoms with Crippen molar-refractivity contribution < 1.29 is 13.7 Å². The third-order valence-corrected chi connectivity index (χ3v) is 3.74. The van der Waals surface area contributed by atoms with Gasteiger partial charge in [-0.1, -0.05) is 28.4 Å². The van der Waals surface area contributed by atoms with Crippen molar-refractivity contribution in [3.63, 3.8) is 0 Å². The molecule has 114 valence electrons. The number of benzene rings is 1. The molecule has 0 spiro atoms. The fourth-order valence-electron chi connectivity index (χ4n) is 1.75. The number of furan rings is 1. The lowest BCUT2D eigenvalue weighted by molar-refractivity contribution is 0.176. The van der Waals surface area contributed by atoms with Crippen molar-refractivity contribution in [3.8, 4) is 17.3 Å². The van der Waals surface area contributed by atoms with Crippen LogP contribution < -0.4 is 4.74 Å². The average Bonchev–Trinajstić information content (AvgIpc) is 3.10. The molecule has 0 fully saturated rings. The van der Waals surface area contributed by atoms with E-state index in [1.807, 2.05) is 0 Å². The van der Waals surface area contributed by atoms with Gasteiger partial charge in [0.25, 0.3) is 5.89 Å². The Morgan fingerprint density at radius 3 is 2.73 bits per heavy atom. The highest BCUT2D eigenvalue weighted by Crippen LogP contribution is 2.31. The highest BCUT2D eigenvalue weighted by molar-refractivity contribution is 9.10. The molecular formula is C14H9BrCl2N2O3. The summed E-state index contributed by atoms with van der Waals surface area (Å²) >= 11 is 15.1. The van der Waals surface area contributed by atoms with Crippen LogP contribution in [0.4, 0.5) is 0 Å². The first-order chi connectivity index (χ1) is 10.5. The third kappa shape index (κ3) is 3.29. The number of ether oxygens (including phenoxy) is 1. The Hall–Kier alpha value is -1.50. The first-order valence-electron chi connectivity index (χ1n) is 6.24. The molecule has 0 bridgehead atoms. The minimum Gasteiger partial charge on any atom is -0.479 e. The van der Waals surface area contributed by atoms with E-state index >= 15 is 0 Å². The van der Waals surface area contributed by atoms with Gasteiger partial charge < -0.3 is 13.7 Å². The van der Waals surface area contributed by atoms with Crippen molar-refractivity contribution in [2.75, 3.05) is 0 Å². The fourth-order valence-corrected chi connectivity index (χ4v) is 2.51. The van der Waals surface area contributed by atoms with Gasteiger partial charge in [0.1, 0.15) is 5.75 Å². The molecule has 0 aliphatic rings. The van der Waals surface area contributed by atoms with Gasteiger partial charge in [-0.2, -0.15) is 4.98 Å². The van der Waals surface area contributed by atoms with Gasteiger partial charge in [0.2, 0.25) is 5.82 Å². The van der Waals surface area contributed by atoms with Crippen LogP contribution in [0.1, 0.15) is 18.9 Å². The number of aromatic nitrogens is 2. The molecule has 5 nitrogen and oxygen atoms in total. The van der Waals surface area contributed by atoms with Crippen LogP contribution in [0.15, 0.2) is 43.9 Å². The van der Waals surface area contributed by atoms with Gasteiger partial charge in [0, 0.05) is 5.02 Å². The second-order valence-electron chi connectivity index (χ2n) is 4.39. The lowest BCUT2D eigenvalue weighted by atomic mass is 10.3. The molecule has 0 aliphatic carbocycles. The first-order valence-corrected chi connectivity index (χ1v) is 7.79. The fraction of sp³-hybridized carbons (Fsp3) is 0.143. The molecular weight excluding hydrogens is 395 g/mol. The minimum absolute atomic E-state index is 0.313. The zero-order valence-corrected chi connectivity index (χ0v) is 14.3. The molecule has 2 heterocycles. The topological polar surface area (TPSA) is 61.3 Å². The quantitative estimate of drug-likeness (QED) is 0.572. The van der Waals surface area contributed by atoms with Crippen molar-refractivity contribution >= 4 is 39.1 Å². The summed E-state index contributed by atoms with van der Waals surface area (Å²) in [6, 6.07) is 8.46. The highest BCUT2D eigenvalue weighted by atomic mass is 79.9. The van der Waals surface area contributed by atoms with E-state index in [0.29, 0.717) is 37.9 Å². The molecule has 8 heteroatoms. The Bertz CT molecular complexity index is 803. The van der Waals surface area contributed by atoms with Gasteiger partial charge in [-0.15, -0.1) is 0 Å². The summed E-state index contributed by atoms with van der Waals surface area (Å²) in [5, 5.41) is 4.81. The molecule has 1 atom stereocenters. The largest absolute Gasteiger partial charge is 0.479 e. The predicted octanol–water partition coefficient (Wildman–Crippen LogP) is 5.54. The molecule has 0 saturated carbocycles. The van der Waals surface area contributed by atoms with Gasteiger partial charge in [0.05, 0.1) is 5.02 Å². The molecule has 0 aliphatic heterocycles. The number of rotatable bonds is 4. The van der Waals surface area contributed by atoms with Crippen LogP contribution >= 0.6 is 39.1 Å². The van der Waals surface area contributed by atoms with Crippen LogP contribution in [0.5, 0.6) is 5.75 Å². The van der Waals surface area contributed by atoms with E-state index in [1.54, 1.807) is 37.3 Å². The van der Waals surface area contributed by atoms with E-state index in [2.05, 4.69) is 26.1 Å². The van der Waals surface area contributed by atoms with Crippen molar-refractivity contribution in [1.82, 2.24) is 10.1 Å². The van der Waals surface area contributed by atoms with Crippen molar-refractivity contribution in [3.05, 3.63) is 50.9 Å². The predicted molar refractivity (Wildman–Crippen MR) is 85.2 cm³/mol. The van der Waals surface area contributed by atoms with Crippen LogP contribution in [0, 0.1) is 0 Å². The monoisotopic (exact) mass is 402 g/mol. The van der Waals surface area contributed by atoms with E-state index < -0.39 is 6.10 Å². The van der Waals surface area contributed by atoms with Crippen LogP contribution in [0.2, 0.25) is 10.0 Å². The summed E-state index contributed by atoms with van der Waals surface area (Å²) in [5.74, 6) is 1.64. The third-order valence-electron chi connectivity index (χ3n) is 2.78. The smallest absolute Gasteiger partial charge is 0.267 e. The Morgan fingerprint density at radius 2 is 2.05 bits per heavy atom. The van der Waals surface area contributed by atoms with Crippen LogP contribution in [0.25, 0.3) is 11.6 Å². The molecule has 3 rings (SSSR count). The molecule has 0 amide bonds. The van der Waals surface area contributed by atoms with Gasteiger partial charge >= 0.3 is 0 Å². The molecule has 0 radical (unpaired) electrons. The summed E-state index contributed by atoms with van der Waals surface area (Å²) in [6.45, 7) is 1.78. The van der Waals surface area contributed by atoms with Crippen LogP contribution in [-0.4, -0.2) is 10.1 Å². The molecule has 22 heavy (non-hydrogen) atoms. The molecule has 0 saturated heterocycles. The maximum Gasteiger partial charge on any atom is 0.267 e. The number of nitrogens with zero attached hydrogens (tertiary/aromatic N) is 2. The molecule has 1 aromatic carbocycles. The van der Waals surface area contributed by atoms with Crippen LogP contribution in [-0.2, 0) is 0 Å². The molecule has 1 unspecified atom stereocenters. The highest BCUT2D eigenvalue weighted by Gasteiger charge is 2.19. The maximum absolute atomic E-state index is 6.07. The van der Waals surface area contributed by atoms with Gasteiger partial charge in [0.15, 0.2) is 16.5 Å². The second kappa shape index (κ2) is 6.32. The van der Waals surface area contributed by atoms with E-state index in [9.17, 15) is 0 Å². The lowest BCUT2D eigenvalue weighted by Gasteiger charge is -2.12. The zero-order valence-electron chi connectivity index (χ0n) is 11.2. The van der Waals surface area contributed by atoms with Crippen LogP contribution in [0.3, 0.4) is 0 Å². The van der Waals surface area contributed by atoms with Gasteiger partial charge in [-0.3, -0.25) is 0 Å². The summed E-state index contributed by atoms with van der Waals surface area (Å²) in [6.07, 6.45) is -0.474. The first kappa shape index (κ1) is 15.4. The SMILES string of the molecule is CC(Oc1ccc(Cl)cc1Cl)c1nc(-c2ccc(Br)o2)no1. The van der Waals surface area contributed by atoms with Crippen molar-refractivity contribution in [2.24, 2.45) is 0 Å². The summed E-state index contributed by atoms with van der Waals surface area (Å²) in [7, 11) is 0. The number of hydrogen-bond donors (Lipinski definition) is 0. The van der Waals surface area contributed by atoms with Gasteiger partial charge in [-0.05, 0) is 53.2 Å². The maximum atomic E-state index is 6.07. The molecule has 0 N–H and O–H groups in total. The molecule has 2 aromatic heterocycles. The standard InChI is InChI=1S/C14H9BrCl2N2O3/c1-7(20-10-3-2-8(16)6-9(10)17)14-18-13(19-22-14)11-4-5-12(15)21-11/h2-7H,1H3. The molecule has 3 aromatic rings. The number of halogens is 3. The van der Waals surface area contributed by atoms with E-state index in [0.717, 1.165) is 0 Å². The average molecular weight is 404 g/mol.